The van der Waals surface area contributed by atoms with E-state index in [-0.39, 0.29) is 10.8 Å². The lowest BCUT2D eigenvalue weighted by Gasteiger charge is -2.22. The van der Waals surface area contributed by atoms with Crippen molar-refractivity contribution in [2.45, 2.75) is 37.6 Å². The minimum absolute atomic E-state index is 0.118. The van der Waals surface area contributed by atoms with E-state index >= 15 is 0 Å². The Kier molecular flexibility index (Phi) is 6.36. The summed E-state index contributed by atoms with van der Waals surface area (Å²) in [5.74, 6) is -0.288. The summed E-state index contributed by atoms with van der Waals surface area (Å²) in [6, 6.07) is 4.80. The zero-order valence-corrected chi connectivity index (χ0v) is 18.1. The molecule has 1 N–H and O–H groups in total. The highest BCUT2D eigenvalue weighted by Gasteiger charge is 2.24. The number of hydrogen-bond donors (Lipinski definition) is 1. The molecule has 9 heteroatoms. The molecule has 1 aliphatic rings. The van der Waals surface area contributed by atoms with Gasteiger partial charge in [0.2, 0.25) is 10.0 Å². The number of hydrogen-bond acceptors (Lipinski definition) is 6. The Morgan fingerprint density at radius 3 is 2.61 bits per heavy atom. The number of carbonyl (C=O) groups is 1. The number of thiazole rings is 1. The van der Waals surface area contributed by atoms with Crippen molar-refractivity contribution >= 4 is 33.0 Å². The van der Waals surface area contributed by atoms with Crippen LogP contribution in [-0.4, -0.2) is 50.8 Å². The van der Waals surface area contributed by atoms with Gasteiger partial charge in [-0.05, 0) is 37.5 Å². The van der Waals surface area contributed by atoms with Crippen LogP contribution in [0.3, 0.4) is 0 Å². The van der Waals surface area contributed by atoms with Crippen LogP contribution < -0.4 is 10.2 Å². The van der Waals surface area contributed by atoms with Gasteiger partial charge in [-0.15, -0.1) is 11.3 Å². The molecule has 1 amide bonds. The summed E-state index contributed by atoms with van der Waals surface area (Å²) in [4.78, 5) is 19.7. The lowest BCUT2D eigenvalue weighted by molar-refractivity contribution is 0.0950. The van der Waals surface area contributed by atoms with Crippen molar-refractivity contribution in [2.24, 2.45) is 0 Å². The molecule has 7 nitrogen and oxygen atoms in total. The number of benzene rings is 1. The van der Waals surface area contributed by atoms with E-state index in [9.17, 15) is 13.2 Å². The maximum absolute atomic E-state index is 13.0. The average Bonchev–Trinajstić information content (AvgIpc) is 3.37. The molecule has 0 unspecified atom stereocenters. The molecule has 0 saturated carbocycles. The van der Waals surface area contributed by atoms with Gasteiger partial charge in [0.05, 0.1) is 27.7 Å². The molecule has 0 bridgehead atoms. The van der Waals surface area contributed by atoms with E-state index in [1.807, 2.05) is 12.3 Å². The van der Waals surface area contributed by atoms with Gasteiger partial charge in [-0.3, -0.25) is 4.79 Å². The van der Waals surface area contributed by atoms with E-state index in [4.69, 9.17) is 0 Å². The predicted molar refractivity (Wildman–Crippen MR) is 111 cm³/mol. The quantitative estimate of drug-likeness (QED) is 0.741. The minimum Gasteiger partial charge on any atom is -0.371 e. The topological polar surface area (TPSA) is 82.6 Å². The highest BCUT2D eigenvalue weighted by atomic mass is 32.2. The monoisotopic (exact) mass is 422 g/mol. The van der Waals surface area contributed by atoms with E-state index < -0.39 is 10.0 Å². The summed E-state index contributed by atoms with van der Waals surface area (Å²) in [6.07, 6.45) is 3.00. The number of carbonyl (C=O) groups excluding carboxylic acids is 1. The van der Waals surface area contributed by atoms with Crippen LogP contribution >= 0.6 is 11.3 Å². The van der Waals surface area contributed by atoms with E-state index in [1.165, 1.54) is 20.2 Å². The lowest BCUT2D eigenvalue weighted by Crippen LogP contribution is -2.28. The van der Waals surface area contributed by atoms with Gasteiger partial charge in [-0.25, -0.2) is 17.7 Å². The number of nitrogens with one attached hydrogen (secondary N) is 1. The molecule has 1 saturated heterocycles. The summed E-state index contributed by atoms with van der Waals surface area (Å²) >= 11 is 1.57. The molecule has 3 rings (SSSR count). The largest absolute Gasteiger partial charge is 0.371 e. The van der Waals surface area contributed by atoms with Crippen LogP contribution in [-0.2, 0) is 23.0 Å². The van der Waals surface area contributed by atoms with Crippen LogP contribution in [0.5, 0.6) is 0 Å². The van der Waals surface area contributed by atoms with Crippen LogP contribution in [0.2, 0.25) is 0 Å². The number of anilines is 1. The van der Waals surface area contributed by atoms with Crippen LogP contribution in [0.1, 0.15) is 40.8 Å². The van der Waals surface area contributed by atoms with Crippen molar-refractivity contribution in [1.29, 1.82) is 0 Å². The summed E-state index contributed by atoms with van der Waals surface area (Å²) < 4.78 is 26.2. The number of rotatable bonds is 7. The first kappa shape index (κ1) is 20.8. The number of aromatic nitrogens is 1. The summed E-state index contributed by atoms with van der Waals surface area (Å²) in [5, 5.41) is 5.86. The summed E-state index contributed by atoms with van der Waals surface area (Å²) in [7, 11) is -0.650. The van der Waals surface area contributed by atoms with Gasteiger partial charge in [0.1, 0.15) is 0 Å². The first-order valence-electron chi connectivity index (χ1n) is 9.36. The highest BCUT2D eigenvalue weighted by Crippen LogP contribution is 2.28. The fourth-order valence-corrected chi connectivity index (χ4v) is 4.83. The van der Waals surface area contributed by atoms with Crippen LogP contribution in [0.4, 0.5) is 5.69 Å². The smallest absolute Gasteiger partial charge is 0.253 e. The lowest BCUT2D eigenvalue weighted by atomic mass is 10.1. The van der Waals surface area contributed by atoms with Gasteiger partial charge in [-0.2, -0.15) is 0 Å². The molecular formula is C19H26N4O3S2. The molecular weight excluding hydrogens is 396 g/mol. The maximum atomic E-state index is 13.0. The molecule has 1 aromatic heterocycles. The number of amides is 1. The van der Waals surface area contributed by atoms with Gasteiger partial charge in [0.15, 0.2) is 0 Å². The number of aryl methyl sites for hydroxylation is 1. The van der Waals surface area contributed by atoms with E-state index in [1.54, 1.807) is 23.5 Å². The van der Waals surface area contributed by atoms with Crippen molar-refractivity contribution in [2.75, 3.05) is 32.1 Å². The molecule has 2 heterocycles. The molecule has 1 aromatic carbocycles. The zero-order valence-electron chi connectivity index (χ0n) is 16.4. The van der Waals surface area contributed by atoms with Crippen LogP contribution in [0.15, 0.2) is 28.5 Å². The van der Waals surface area contributed by atoms with Crippen molar-refractivity contribution < 1.29 is 13.2 Å². The second-order valence-corrected chi connectivity index (χ2v) is 10.0. The summed E-state index contributed by atoms with van der Waals surface area (Å²) in [6.45, 7) is 4.09. The molecule has 0 spiro atoms. The van der Waals surface area contributed by atoms with Crippen molar-refractivity contribution in [3.63, 3.8) is 0 Å². The highest BCUT2D eigenvalue weighted by molar-refractivity contribution is 7.89. The van der Waals surface area contributed by atoms with Crippen molar-refractivity contribution in [1.82, 2.24) is 14.6 Å². The SMILES string of the molecule is CCc1nc(CNC(=O)c2cc(S(=O)(=O)N(C)C)ccc2N2CCCC2)cs1. The third-order valence-corrected chi connectivity index (χ3v) is 7.62. The standard InChI is InChI=1S/C19H26N4O3S2/c1-4-18-21-14(13-27-18)12-20-19(24)16-11-15(28(25,26)22(2)3)7-8-17(16)23-9-5-6-10-23/h7-8,11,13H,4-6,9-10,12H2,1-3H3,(H,20,24). The molecule has 2 aromatic rings. The third-order valence-electron chi connectivity index (χ3n) is 4.77. The third kappa shape index (κ3) is 4.37. The normalized spacial score (nSPS) is 14.6. The fourth-order valence-electron chi connectivity index (χ4n) is 3.16. The molecule has 1 aliphatic heterocycles. The minimum atomic E-state index is -3.62. The second kappa shape index (κ2) is 8.59. The first-order chi connectivity index (χ1) is 13.3. The second-order valence-electron chi connectivity index (χ2n) is 6.93. The van der Waals surface area contributed by atoms with Crippen molar-refractivity contribution in [3.05, 3.63) is 39.8 Å². The molecule has 0 aliphatic carbocycles. The fraction of sp³-hybridized carbons (Fsp3) is 0.474. The molecule has 28 heavy (non-hydrogen) atoms. The van der Waals surface area contributed by atoms with E-state index in [0.717, 1.165) is 53.0 Å². The Morgan fingerprint density at radius 1 is 1.29 bits per heavy atom. The van der Waals surface area contributed by atoms with E-state index in [0.29, 0.717) is 12.1 Å². The van der Waals surface area contributed by atoms with Crippen LogP contribution in [0, 0.1) is 0 Å². The molecule has 152 valence electrons. The average molecular weight is 423 g/mol. The van der Waals surface area contributed by atoms with Gasteiger partial charge in [0, 0.05) is 38.3 Å². The molecule has 0 radical (unpaired) electrons. The molecule has 0 atom stereocenters. The zero-order chi connectivity index (χ0) is 20.3. The Hall–Kier alpha value is -1.97. The summed E-state index contributed by atoms with van der Waals surface area (Å²) in [5.41, 5.74) is 1.98. The predicted octanol–water partition coefficient (Wildman–Crippen LogP) is 2.49. The van der Waals surface area contributed by atoms with Gasteiger partial charge in [-0.1, -0.05) is 6.92 Å². The number of nitrogens with zero attached hydrogens (tertiary/aromatic N) is 3. The Bertz CT molecular complexity index is 948. The maximum Gasteiger partial charge on any atom is 0.253 e. The van der Waals surface area contributed by atoms with E-state index in [2.05, 4.69) is 15.2 Å². The Balaban J connectivity index is 1.89. The molecule has 1 fully saturated rings. The van der Waals surface area contributed by atoms with Gasteiger partial charge < -0.3 is 10.2 Å². The first-order valence-corrected chi connectivity index (χ1v) is 11.7. The van der Waals surface area contributed by atoms with Crippen LogP contribution in [0.25, 0.3) is 0 Å². The number of sulfonamides is 1. The Labute approximate surface area is 170 Å². The van der Waals surface area contributed by atoms with Crippen molar-refractivity contribution in [3.8, 4) is 0 Å². The van der Waals surface area contributed by atoms with Gasteiger partial charge in [0.25, 0.3) is 5.91 Å². The Morgan fingerprint density at radius 2 is 2.00 bits per heavy atom. The van der Waals surface area contributed by atoms with Gasteiger partial charge >= 0.3 is 0 Å².